The van der Waals surface area contributed by atoms with E-state index in [0.717, 1.165) is 5.56 Å². The third-order valence-corrected chi connectivity index (χ3v) is 2.71. The number of nitrogens with two attached hydrogens (primary N) is 1. The Kier molecular flexibility index (Phi) is 3.47. The molecule has 90 valence electrons. The third-order valence-electron chi connectivity index (χ3n) is 2.71. The molecule has 0 radical (unpaired) electrons. The van der Waals surface area contributed by atoms with Crippen LogP contribution in [0.15, 0.2) is 18.2 Å². The molecule has 1 heterocycles. The molecule has 1 aromatic rings. The molecule has 0 bridgehead atoms. The van der Waals surface area contributed by atoms with Gasteiger partial charge >= 0.3 is 13.1 Å². The SMILES string of the molecule is CCC(=O)Oc1cccc2c1B(O)OC2CN. The highest BCUT2D eigenvalue weighted by Gasteiger charge is 2.37. The van der Waals surface area contributed by atoms with Gasteiger partial charge in [-0.1, -0.05) is 19.1 Å². The molecule has 3 N–H and O–H groups in total. The molecule has 6 heteroatoms. The molecular formula is C11H14BNO4. The summed E-state index contributed by atoms with van der Waals surface area (Å²) in [7, 11) is -1.08. The van der Waals surface area contributed by atoms with E-state index >= 15 is 0 Å². The molecule has 2 rings (SSSR count). The summed E-state index contributed by atoms with van der Waals surface area (Å²) in [5, 5.41) is 9.78. The summed E-state index contributed by atoms with van der Waals surface area (Å²) in [5.74, 6) is -0.000372. The first kappa shape index (κ1) is 12.1. The zero-order chi connectivity index (χ0) is 12.4. The van der Waals surface area contributed by atoms with Gasteiger partial charge in [0.1, 0.15) is 5.75 Å². The minimum absolute atomic E-state index is 0.273. The first-order chi connectivity index (χ1) is 8.17. The van der Waals surface area contributed by atoms with E-state index in [1.54, 1.807) is 19.1 Å². The molecule has 1 aromatic carbocycles. The smallest absolute Gasteiger partial charge is 0.427 e. The zero-order valence-electron chi connectivity index (χ0n) is 9.55. The first-order valence-electron chi connectivity index (χ1n) is 5.54. The summed E-state index contributed by atoms with van der Waals surface area (Å²) >= 11 is 0. The summed E-state index contributed by atoms with van der Waals surface area (Å²) in [6, 6.07) is 5.20. The maximum Gasteiger partial charge on any atom is 0.495 e. The van der Waals surface area contributed by atoms with Crippen LogP contribution in [0.5, 0.6) is 5.75 Å². The second-order valence-corrected chi connectivity index (χ2v) is 3.80. The van der Waals surface area contributed by atoms with Gasteiger partial charge in [-0.25, -0.2) is 0 Å². The van der Waals surface area contributed by atoms with Crippen LogP contribution in [-0.4, -0.2) is 24.7 Å². The van der Waals surface area contributed by atoms with Gasteiger partial charge < -0.3 is 20.1 Å². The Morgan fingerprint density at radius 2 is 2.41 bits per heavy atom. The van der Waals surface area contributed by atoms with Crippen LogP contribution in [0.4, 0.5) is 0 Å². The number of carbonyl (C=O) groups is 1. The molecule has 0 fully saturated rings. The number of benzene rings is 1. The van der Waals surface area contributed by atoms with Crippen molar-refractivity contribution >= 4 is 18.6 Å². The van der Waals surface area contributed by atoms with Gasteiger partial charge in [0.2, 0.25) is 0 Å². The van der Waals surface area contributed by atoms with Crippen molar-refractivity contribution in [1.29, 1.82) is 0 Å². The molecular weight excluding hydrogens is 221 g/mol. The van der Waals surface area contributed by atoms with Gasteiger partial charge in [0, 0.05) is 18.4 Å². The van der Waals surface area contributed by atoms with E-state index in [4.69, 9.17) is 15.1 Å². The van der Waals surface area contributed by atoms with Crippen molar-refractivity contribution in [2.75, 3.05) is 6.54 Å². The summed E-state index contributed by atoms with van der Waals surface area (Å²) in [4.78, 5) is 11.3. The molecule has 1 aliphatic rings. The van der Waals surface area contributed by atoms with Gasteiger partial charge in [-0.3, -0.25) is 4.79 Å². The highest BCUT2D eigenvalue weighted by molar-refractivity contribution is 6.63. The maximum atomic E-state index is 11.3. The average Bonchev–Trinajstić information content (AvgIpc) is 2.67. The van der Waals surface area contributed by atoms with Gasteiger partial charge in [-0.05, 0) is 11.6 Å². The minimum atomic E-state index is -1.08. The Bertz CT molecular complexity index is 437. The van der Waals surface area contributed by atoms with E-state index in [1.807, 2.05) is 6.07 Å². The molecule has 0 aromatic heterocycles. The van der Waals surface area contributed by atoms with Crippen LogP contribution in [-0.2, 0) is 9.45 Å². The second-order valence-electron chi connectivity index (χ2n) is 3.80. The second kappa shape index (κ2) is 4.87. The lowest BCUT2D eigenvalue weighted by molar-refractivity contribution is -0.133. The van der Waals surface area contributed by atoms with Gasteiger partial charge in [0.25, 0.3) is 0 Å². The standard InChI is InChI=1S/C11H14BNO4/c1-2-10(14)16-8-5-3-4-7-9(6-13)17-12(15)11(7)8/h3-5,9,15H,2,6,13H2,1H3. The predicted octanol–water partition coefficient (Wildman–Crippen LogP) is -0.281. The number of esters is 1. The minimum Gasteiger partial charge on any atom is -0.427 e. The van der Waals surface area contributed by atoms with Crippen molar-refractivity contribution in [1.82, 2.24) is 0 Å². The largest absolute Gasteiger partial charge is 0.495 e. The van der Waals surface area contributed by atoms with Crippen LogP contribution >= 0.6 is 0 Å². The number of carbonyl (C=O) groups excluding carboxylic acids is 1. The Morgan fingerprint density at radius 1 is 1.65 bits per heavy atom. The molecule has 0 saturated heterocycles. The lowest BCUT2D eigenvalue weighted by Gasteiger charge is -2.09. The fourth-order valence-corrected chi connectivity index (χ4v) is 1.87. The van der Waals surface area contributed by atoms with Gasteiger partial charge in [-0.2, -0.15) is 0 Å². The first-order valence-corrected chi connectivity index (χ1v) is 5.54. The zero-order valence-corrected chi connectivity index (χ0v) is 9.55. The Hall–Kier alpha value is -1.37. The normalized spacial score (nSPS) is 18.1. The Balaban J connectivity index is 2.36. The van der Waals surface area contributed by atoms with Crippen LogP contribution in [0, 0.1) is 0 Å². The fraction of sp³-hybridized carbons (Fsp3) is 0.364. The Labute approximate surface area is 99.7 Å². The molecule has 17 heavy (non-hydrogen) atoms. The Morgan fingerprint density at radius 3 is 3.06 bits per heavy atom. The number of hydrogen-bond acceptors (Lipinski definition) is 5. The number of rotatable bonds is 3. The van der Waals surface area contributed by atoms with Crippen molar-refractivity contribution < 1.29 is 19.2 Å². The highest BCUT2D eigenvalue weighted by Crippen LogP contribution is 2.26. The van der Waals surface area contributed by atoms with Crippen molar-refractivity contribution in [2.45, 2.75) is 19.4 Å². The predicted molar refractivity (Wildman–Crippen MR) is 62.9 cm³/mol. The molecule has 0 aliphatic carbocycles. The summed E-state index contributed by atoms with van der Waals surface area (Å²) in [5.41, 5.74) is 6.83. The summed E-state index contributed by atoms with van der Waals surface area (Å²) < 4.78 is 10.4. The molecule has 1 unspecified atom stereocenters. The monoisotopic (exact) mass is 235 g/mol. The average molecular weight is 235 g/mol. The van der Waals surface area contributed by atoms with Crippen LogP contribution in [0.25, 0.3) is 0 Å². The molecule has 0 spiro atoms. The summed E-state index contributed by atoms with van der Waals surface area (Å²) in [6.45, 7) is 1.98. The van der Waals surface area contributed by atoms with Gasteiger partial charge in [-0.15, -0.1) is 0 Å². The van der Waals surface area contributed by atoms with E-state index in [2.05, 4.69) is 0 Å². The molecule has 1 atom stereocenters. The lowest BCUT2D eigenvalue weighted by atomic mass is 9.78. The van der Waals surface area contributed by atoms with Crippen molar-refractivity contribution in [2.24, 2.45) is 5.73 Å². The molecule has 0 saturated carbocycles. The van der Waals surface area contributed by atoms with Crippen LogP contribution in [0.1, 0.15) is 25.0 Å². The fourth-order valence-electron chi connectivity index (χ4n) is 1.87. The topological polar surface area (TPSA) is 81.8 Å². The quantitative estimate of drug-likeness (QED) is 0.427. The van der Waals surface area contributed by atoms with E-state index in [9.17, 15) is 9.82 Å². The maximum absolute atomic E-state index is 11.3. The third kappa shape index (κ3) is 2.19. The van der Waals surface area contributed by atoms with Gasteiger partial charge in [0.05, 0.1) is 6.10 Å². The van der Waals surface area contributed by atoms with Crippen LogP contribution in [0.3, 0.4) is 0 Å². The molecule has 5 nitrogen and oxygen atoms in total. The van der Waals surface area contributed by atoms with Crippen LogP contribution < -0.4 is 15.9 Å². The van der Waals surface area contributed by atoms with E-state index in [1.165, 1.54) is 0 Å². The van der Waals surface area contributed by atoms with Crippen molar-refractivity contribution in [3.05, 3.63) is 23.8 Å². The number of hydrogen-bond donors (Lipinski definition) is 2. The number of fused-ring (bicyclic) bond motifs is 1. The number of ether oxygens (including phenoxy) is 1. The summed E-state index contributed by atoms with van der Waals surface area (Å²) in [6.07, 6.45) is -0.0683. The van der Waals surface area contributed by atoms with E-state index < -0.39 is 7.12 Å². The van der Waals surface area contributed by atoms with E-state index in [-0.39, 0.29) is 25.0 Å². The van der Waals surface area contributed by atoms with Crippen molar-refractivity contribution in [3.8, 4) is 5.75 Å². The van der Waals surface area contributed by atoms with Gasteiger partial charge in [0.15, 0.2) is 0 Å². The van der Waals surface area contributed by atoms with E-state index in [0.29, 0.717) is 11.2 Å². The van der Waals surface area contributed by atoms with Crippen LogP contribution in [0.2, 0.25) is 0 Å². The molecule has 0 amide bonds. The van der Waals surface area contributed by atoms with Crippen molar-refractivity contribution in [3.63, 3.8) is 0 Å². The lowest BCUT2D eigenvalue weighted by Crippen LogP contribution is -2.30. The highest BCUT2D eigenvalue weighted by atomic mass is 16.5. The molecule has 1 aliphatic heterocycles.